The lowest BCUT2D eigenvalue weighted by Crippen LogP contribution is -2.04. The molecule has 0 spiro atoms. The Labute approximate surface area is 764 Å². The zero-order chi connectivity index (χ0) is 90.3. The number of aromatic nitrogens is 9. The van der Waals surface area contributed by atoms with E-state index in [9.17, 15) is 15.8 Å². The second-order valence-corrected chi connectivity index (χ2v) is 36.0. The highest BCUT2D eigenvalue weighted by Crippen LogP contribution is 2.46. The van der Waals surface area contributed by atoms with E-state index in [0.29, 0.717) is 16.7 Å². The summed E-state index contributed by atoms with van der Waals surface area (Å²) in [7, 11) is 0. The van der Waals surface area contributed by atoms with Crippen molar-refractivity contribution in [3.05, 3.63) is 411 Å². The molecule has 12 heteroatoms. The summed E-state index contributed by atoms with van der Waals surface area (Å²) < 4.78 is 13.9. The van der Waals surface area contributed by atoms with Gasteiger partial charge in [-0.05, 0) is 282 Å². The Morgan fingerprint density at radius 1 is 0.189 bits per heavy atom. The topological polar surface area (TPSA) is 140 Å². The normalized spacial score (nSPS) is 11.6. The van der Waals surface area contributed by atoms with E-state index in [1.165, 1.54) is 131 Å². The van der Waals surface area contributed by atoms with E-state index in [1.807, 2.05) is 85.3 Å². The Morgan fingerprint density at radius 3 is 0.697 bits per heavy atom. The van der Waals surface area contributed by atoms with Crippen molar-refractivity contribution in [2.75, 3.05) is 0 Å². The molecule has 9 heterocycles. The molecule has 132 heavy (non-hydrogen) atoms. The van der Waals surface area contributed by atoms with Gasteiger partial charge in [0.25, 0.3) is 0 Å². The van der Waals surface area contributed by atoms with Gasteiger partial charge in [-0.3, -0.25) is 13.7 Å². The quantitative estimate of drug-likeness (QED) is 0.141. The minimum Gasteiger partial charge on any atom is -0.307 e. The van der Waals surface area contributed by atoms with Crippen LogP contribution in [0.2, 0.25) is 0 Å². The second kappa shape index (κ2) is 31.8. The molecule has 0 unspecified atom stereocenters. The maximum Gasteiger partial charge on any atom is 0.138 e. The molecule has 9 aromatic heterocycles. The molecule has 15 aromatic carbocycles. The molecule has 0 atom stereocenters. The first kappa shape index (κ1) is 80.8. The minimum absolute atomic E-state index is 0.629. The summed E-state index contributed by atoms with van der Waals surface area (Å²) in [6, 6.07) is 117. The van der Waals surface area contributed by atoms with Crippen LogP contribution in [0.15, 0.2) is 328 Å². The largest absolute Gasteiger partial charge is 0.307 e. The Morgan fingerprint density at radius 2 is 0.432 bits per heavy atom. The SMILES string of the molecule is Cc1ccc2c3ccc(C)cc3n(-c3cc(-c4ccc(C#N)cc4)c(-n4c5cc(C)ccc5c5ccc(C)cc54)cn3)c2c1.Cc1ccc2c3ccc(C)cc3n(-c3cc(-c4cccc(C#N)c4)c(-n4c5cc(C)ccc5c5ccc(C)cc54)cn3)c2c1.Cc1ccc2c3ccc(C)cc3n(-c3cc(-c4ccccc4C#N)c(-n4c5cc(C)ccc5c5ccc(C)cc54)cn3)c2c1. The molecule has 0 aliphatic carbocycles. The first-order chi connectivity index (χ1) is 64.2. The van der Waals surface area contributed by atoms with E-state index in [4.69, 9.17) is 15.0 Å². The van der Waals surface area contributed by atoms with Gasteiger partial charge in [0.15, 0.2) is 0 Å². The number of rotatable bonds is 9. The summed E-state index contributed by atoms with van der Waals surface area (Å²) in [6.45, 7) is 25.6. The fourth-order valence-electron chi connectivity index (χ4n) is 20.1. The summed E-state index contributed by atoms with van der Waals surface area (Å²) in [4.78, 5) is 15.6. The van der Waals surface area contributed by atoms with Crippen LogP contribution in [0.3, 0.4) is 0 Å². The zero-order valence-electron chi connectivity index (χ0n) is 75.5. The van der Waals surface area contributed by atoms with E-state index in [0.717, 1.165) is 134 Å². The van der Waals surface area contributed by atoms with Crippen LogP contribution in [0.25, 0.3) is 199 Å². The van der Waals surface area contributed by atoms with Gasteiger partial charge < -0.3 is 13.7 Å². The van der Waals surface area contributed by atoms with Crippen LogP contribution < -0.4 is 0 Å². The van der Waals surface area contributed by atoms with Crippen LogP contribution in [0.5, 0.6) is 0 Å². The van der Waals surface area contributed by atoms with Gasteiger partial charge in [-0.25, -0.2) is 15.0 Å². The highest BCUT2D eigenvalue weighted by atomic mass is 15.1. The van der Waals surface area contributed by atoms with Crippen LogP contribution in [0.1, 0.15) is 83.5 Å². The predicted octanol–water partition coefficient (Wildman–Crippen LogP) is 30.1. The van der Waals surface area contributed by atoms with Crippen molar-refractivity contribution in [2.24, 2.45) is 0 Å². The van der Waals surface area contributed by atoms with Gasteiger partial charge in [0, 0.05) is 86.9 Å². The van der Waals surface area contributed by atoms with E-state index in [-0.39, 0.29) is 0 Å². The number of benzene rings is 15. The third-order valence-corrected chi connectivity index (χ3v) is 26.5. The number of aryl methyl sites for hydroxylation is 12. The lowest BCUT2D eigenvalue weighted by Gasteiger charge is -2.17. The lowest BCUT2D eigenvalue weighted by molar-refractivity contribution is 1.05. The van der Waals surface area contributed by atoms with Crippen molar-refractivity contribution in [1.82, 2.24) is 42.4 Å². The molecule has 12 nitrogen and oxygen atoms in total. The Balaban J connectivity index is 0.000000116. The van der Waals surface area contributed by atoms with Gasteiger partial charge in [0.2, 0.25) is 0 Å². The van der Waals surface area contributed by atoms with Crippen LogP contribution >= 0.6 is 0 Å². The lowest BCUT2D eigenvalue weighted by atomic mass is 9.99. The molecule has 630 valence electrons. The standard InChI is InChI=1S/3C40H30N4/c1-24-5-13-30-31-14-6-25(2)18-36(31)43(35(30)17-24)39-23-42-40(21-34(39)29-11-9-28(22-41)10-12-29)44-37-19-26(3)7-15-32(37)33-16-8-27(4)20-38(33)44;1-24-8-12-30-31-13-9-25(2)17-36(31)43(35(30)16-24)39-23-42-40(21-34(39)29-7-5-6-28(20-29)22-41)44-37-18-26(3)10-14-32(37)33-15-11-27(4)19-38(33)44;1-24-9-13-30-31-14-10-25(2)18-36(31)43(35(30)17-24)39-23-42-40(21-34(39)29-8-6-5-7-28(29)22-41)44-37-19-26(3)11-15-32(37)33-16-12-27(4)20-38(33)44/h3*5-21,23H,1-4H3. The number of hydrogen-bond acceptors (Lipinski definition) is 6. The van der Waals surface area contributed by atoms with Gasteiger partial charge in [-0.1, -0.05) is 188 Å². The summed E-state index contributed by atoms with van der Waals surface area (Å²) in [5.74, 6) is 2.52. The van der Waals surface area contributed by atoms with Crippen LogP contribution in [-0.2, 0) is 0 Å². The van der Waals surface area contributed by atoms with Gasteiger partial charge in [0.1, 0.15) is 17.5 Å². The van der Waals surface area contributed by atoms with Gasteiger partial charge in [-0.15, -0.1) is 0 Å². The Hall–Kier alpha value is -17.0. The van der Waals surface area contributed by atoms with E-state index in [2.05, 4.69) is 371 Å². The number of fused-ring (bicyclic) bond motifs is 18. The number of hydrogen-bond donors (Lipinski definition) is 0. The minimum atomic E-state index is 0.629. The van der Waals surface area contributed by atoms with Crippen molar-refractivity contribution in [1.29, 1.82) is 15.8 Å². The molecular weight excluding hydrogens is 1610 g/mol. The third kappa shape index (κ3) is 13.6. The average molecular weight is 1700 g/mol. The molecule has 24 aromatic rings. The fraction of sp³-hybridized carbons (Fsp3) is 0.100. The molecular formula is C120H90N12. The summed E-state index contributed by atoms with van der Waals surface area (Å²) in [5, 5.41) is 44.1. The molecule has 0 amide bonds. The number of nitrogens with zero attached hydrogens (tertiary/aromatic N) is 12. The molecule has 0 fully saturated rings. The second-order valence-electron chi connectivity index (χ2n) is 36.0. The first-order valence-electron chi connectivity index (χ1n) is 44.8. The van der Waals surface area contributed by atoms with Gasteiger partial charge in [-0.2, -0.15) is 15.8 Å². The number of nitriles is 3. The smallest absolute Gasteiger partial charge is 0.138 e. The van der Waals surface area contributed by atoms with Crippen molar-refractivity contribution in [3.63, 3.8) is 0 Å². The van der Waals surface area contributed by atoms with Crippen molar-refractivity contribution in [2.45, 2.75) is 83.1 Å². The molecule has 24 rings (SSSR count). The zero-order valence-corrected chi connectivity index (χ0v) is 75.5. The molecule has 0 aliphatic rings. The van der Waals surface area contributed by atoms with Crippen LogP contribution in [0.4, 0.5) is 0 Å². The van der Waals surface area contributed by atoms with Crippen molar-refractivity contribution in [3.8, 4) is 86.1 Å². The van der Waals surface area contributed by atoms with Crippen molar-refractivity contribution >= 4 is 131 Å². The van der Waals surface area contributed by atoms with E-state index >= 15 is 0 Å². The van der Waals surface area contributed by atoms with Gasteiger partial charge in [0.05, 0.1) is 137 Å². The van der Waals surface area contributed by atoms with Crippen LogP contribution in [0, 0.1) is 117 Å². The monoisotopic (exact) mass is 1700 g/mol. The molecule has 0 bridgehead atoms. The van der Waals surface area contributed by atoms with Crippen molar-refractivity contribution < 1.29 is 0 Å². The highest BCUT2D eigenvalue weighted by molar-refractivity contribution is 6.16. The molecule has 0 N–H and O–H groups in total. The highest BCUT2D eigenvalue weighted by Gasteiger charge is 2.27. The Bertz CT molecular complexity index is 8810. The maximum atomic E-state index is 10.2. The third-order valence-electron chi connectivity index (χ3n) is 26.5. The molecule has 0 radical (unpaired) electrons. The molecule has 0 saturated carbocycles. The van der Waals surface area contributed by atoms with Gasteiger partial charge >= 0.3 is 0 Å². The molecule has 0 saturated heterocycles. The average Bonchev–Trinajstić information content (AvgIpc) is 1.52. The number of pyridine rings is 3. The van der Waals surface area contributed by atoms with E-state index < -0.39 is 0 Å². The predicted molar refractivity (Wildman–Crippen MR) is 546 cm³/mol. The summed E-state index contributed by atoms with van der Waals surface area (Å²) in [5.41, 5.74) is 38.8. The fourth-order valence-corrected chi connectivity index (χ4v) is 20.1. The summed E-state index contributed by atoms with van der Waals surface area (Å²) >= 11 is 0. The van der Waals surface area contributed by atoms with E-state index in [1.54, 1.807) is 0 Å². The molecule has 0 aliphatic heterocycles. The van der Waals surface area contributed by atoms with Crippen LogP contribution in [-0.4, -0.2) is 42.4 Å². The maximum absolute atomic E-state index is 10.2. The summed E-state index contributed by atoms with van der Waals surface area (Å²) in [6.07, 6.45) is 6.03. The Kier molecular flexibility index (Phi) is 19.5. The first-order valence-corrected chi connectivity index (χ1v) is 44.8.